The number of benzene rings is 2. The maximum absolute atomic E-state index is 12.8. The summed E-state index contributed by atoms with van der Waals surface area (Å²) in [7, 11) is 0. The Morgan fingerprint density at radius 1 is 0.938 bits per heavy atom. The minimum Gasteiger partial charge on any atom is -0.390 e. The van der Waals surface area contributed by atoms with Crippen LogP contribution in [0.3, 0.4) is 0 Å². The second-order valence-corrected chi connectivity index (χ2v) is 9.11. The maximum Gasteiger partial charge on any atom is 0.253 e. The van der Waals surface area contributed by atoms with Crippen LogP contribution in [0, 0.1) is 0 Å². The minimum absolute atomic E-state index is 0.0138. The number of aliphatic hydroxyl groups is 1. The number of piperazine rings is 1. The highest BCUT2D eigenvalue weighted by Crippen LogP contribution is 2.29. The van der Waals surface area contributed by atoms with E-state index < -0.39 is 6.10 Å². The summed E-state index contributed by atoms with van der Waals surface area (Å²) >= 11 is 12.0. The van der Waals surface area contributed by atoms with Gasteiger partial charge in [-0.15, -0.1) is 0 Å². The van der Waals surface area contributed by atoms with E-state index in [0.29, 0.717) is 41.8 Å². The van der Waals surface area contributed by atoms with Crippen LogP contribution >= 0.6 is 23.2 Å². The number of carbonyl (C=O) groups excluding carboxylic acids is 1. The van der Waals surface area contributed by atoms with Gasteiger partial charge < -0.3 is 14.9 Å². The van der Waals surface area contributed by atoms with Crippen LogP contribution in [0.25, 0.3) is 10.9 Å². The third-order valence-electron chi connectivity index (χ3n) is 6.30. The van der Waals surface area contributed by atoms with Crippen LogP contribution < -0.4 is 4.90 Å². The normalized spacial score (nSPS) is 22.0. The van der Waals surface area contributed by atoms with Gasteiger partial charge in [0.2, 0.25) is 0 Å². The fraction of sp³-hybridized carbons (Fsp3) is 0.348. The number of aromatic nitrogens is 2. The van der Waals surface area contributed by atoms with Crippen LogP contribution in [0.4, 0.5) is 5.82 Å². The summed E-state index contributed by atoms with van der Waals surface area (Å²) in [5.41, 5.74) is 1.43. The van der Waals surface area contributed by atoms with Crippen LogP contribution in [0.2, 0.25) is 10.0 Å². The Balaban J connectivity index is 1.25. The van der Waals surface area contributed by atoms with Gasteiger partial charge in [0.1, 0.15) is 12.1 Å². The lowest BCUT2D eigenvalue weighted by atomic mass is 10.1. The summed E-state index contributed by atoms with van der Waals surface area (Å²) in [6.07, 6.45) is 1.04. The van der Waals surface area contributed by atoms with E-state index in [2.05, 4.69) is 19.8 Å². The Morgan fingerprint density at radius 3 is 2.41 bits per heavy atom. The lowest BCUT2D eigenvalue weighted by molar-refractivity contribution is 0.0376. The molecule has 3 aromatic rings. The number of amides is 1. The average molecular weight is 472 g/mol. The van der Waals surface area contributed by atoms with E-state index in [9.17, 15) is 9.90 Å². The Morgan fingerprint density at radius 2 is 1.66 bits per heavy atom. The predicted molar refractivity (Wildman–Crippen MR) is 125 cm³/mol. The molecule has 2 saturated heterocycles. The van der Waals surface area contributed by atoms with Crippen molar-refractivity contribution in [2.24, 2.45) is 0 Å². The Hall–Kier alpha value is -2.45. The van der Waals surface area contributed by atoms with E-state index in [4.69, 9.17) is 23.2 Å². The van der Waals surface area contributed by atoms with Crippen molar-refractivity contribution < 1.29 is 9.90 Å². The van der Waals surface area contributed by atoms with Crippen molar-refractivity contribution in [1.82, 2.24) is 19.8 Å². The zero-order chi connectivity index (χ0) is 22.2. The molecule has 2 aliphatic heterocycles. The second kappa shape index (κ2) is 8.83. The zero-order valence-electron chi connectivity index (χ0n) is 17.4. The summed E-state index contributed by atoms with van der Waals surface area (Å²) in [6, 6.07) is 12.6. The van der Waals surface area contributed by atoms with Crippen molar-refractivity contribution in [1.29, 1.82) is 0 Å². The summed E-state index contributed by atoms with van der Waals surface area (Å²) in [4.78, 5) is 27.8. The highest BCUT2D eigenvalue weighted by molar-refractivity contribution is 6.31. The first kappa shape index (κ1) is 21.4. The first-order valence-corrected chi connectivity index (χ1v) is 11.4. The van der Waals surface area contributed by atoms with Crippen molar-refractivity contribution >= 4 is 45.8 Å². The van der Waals surface area contributed by atoms with Gasteiger partial charge in [0.25, 0.3) is 5.91 Å². The molecular formula is C23H23Cl2N5O2. The largest absolute Gasteiger partial charge is 0.390 e. The molecule has 166 valence electrons. The van der Waals surface area contributed by atoms with Crippen molar-refractivity contribution in [2.75, 3.05) is 44.2 Å². The number of β-amino-alcohol motifs (C(OH)–C–C–N with tert-alkyl or cyclic N) is 1. The molecule has 2 unspecified atom stereocenters. The fourth-order valence-corrected chi connectivity index (χ4v) is 4.89. The van der Waals surface area contributed by atoms with Gasteiger partial charge >= 0.3 is 0 Å². The predicted octanol–water partition coefficient (Wildman–Crippen LogP) is 2.94. The molecule has 0 radical (unpaired) electrons. The van der Waals surface area contributed by atoms with Crippen LogP contribution in [-0.2, 0) is 0 Å². The van der Waals surface area contributed by atoms with Crippen molar-refractivity contribution in [3.8, 4) is 0 Å². The first-order valence-electron chi connectivity index (χ1n) is 10.6. The van der Waals surface area contributed by atoms with E-state index in [-0.39, 0.29) is 11.9 Å². The SMILES string of the molecule is O=C(c1ccc(Cl)cc1)N1CCN(C2CN(c3ncnc4cc(Cl)ccc34)CC2O)CC1. The molecule has 0 saturated carbocycles. The van der Waals surface area contributed by atoms with E-state index in [1.165, 1.54) is 6.33 Å². The Kier molecular flexibility index (Phi) is 5.90. The molecule has 1 aromatic heterocycles. The quantitative estimate of drug-likeness (QED) is 0.632. The van der Waals surface area contributed by atoms with Gasteiger partial charge in [0.05, 0.1) is 17.7 Å². The monoisotopic (exact) mass is 471 g/mol. The standard InChI is InChI=1S/C23H23Cl2N5O2/c24-16-3-1-15(2-4-16)23(32)29-9-7-28(8-10-29)20-12-30(13-21(20)31)22-18-6-5-17(25)11-19(18)26-14-27-22/h1-6,11,14,20-21,31H,7-10,12-13H2. The van der Waals surface area contributed by atoms with Gasteiger partial charge in [0, 0.05) is 60.3 Å². The number of rotatable bonds is 3. The zero-order valence-corrected chi connectivity index (χ0v) is 18.9. The first-order chi connectivity index (χ1) is 15.5. The van der Waals surface area contributed by atoms with Gasteiger partial charge in [-0.3, -0.25) is 9.69 Å². The molecule has 3 heterocycles. The van der Waals surface area contributed by atoms with E-state index in [1.54, 1.807) is 24.3 Å². The van der Waals surface area contributed by atoms with E-state index in [0.717, 1.165) is 29.8 Å². The average Bonchev–Trinajstić information content (AvgIpc) is 3.20. The summed E-state index contributed by atoms with van der Waals surface area (Å²) in [6.45, 7) is 3.85. The number of anilines is 1. The number of halogens is 2. The third-order valence-corrected chi connectivity index (χ3v) is 6.78. The smallest absolute Gasteiger partial charge is 0.253 e. The number of hydrogen-bond donors (Lipinski definition) is 1. The lowest BCUT2D eigenvalue weighted by Gasteiger charge is -2.38. The molecule has 2 atom stereocenters. The minimum atomic E-state index is -0.495. The topological polar surface area (TPSA) is 72.8 Å². The molecular weight excluding hydrogens is 449 g/mol. The molecule has 1 amide bonds. The van der Waals surface area contributed by atoms with Gasteiger partial charge in [-0.05, 0) is 42.5 Å². The highest BCUT2D eigenvalue weighted by atomic mass is 35.5. The van der Waals surface area contributed by atoms with Gasteiger partial charge in [0.15, 0.2) is 0 Å². The van der Waals surface area contributed by atoms with Crippen molar-refractivity contribution in [2.45, 2.75) is 12.1 Å². The van der Waals surface area contributed by atoms with Gasteiger partial charge in [-0.1, -0.05) is 23.2 Å². The number of hydrogen-bond acceptors (Lipinski definition) is 6. The number of carbonyl (C=O) groups is 1. The maximum atomic E-state index is 12.8. The highest BCUT2D eigenvalue weighted by Gasteiger charge is 2.38. The lowest BCUT2D eigenvalue weighted by Crippen LogP contribution is -2.54. The number of fused-ring (bicyclic) bond motifs is 1. The van der Waals surface area contributed by atoms with Crippen molar-refractivity contribution in [3.05, 3.63) is 64.4 Å². The second-order valence-electron chi connectivity index (χ2n) is 8.23. The molecule has 0 aliphatic carbocycles. The molecule has 2 aromatic carbocycles. The fourth-order valence-electron chi connectivity index (χ4n) is 4.60. The molecule has 9 heteroatoms. The summed E-state index contributed by atoms with van der Waals surface area (Å²) in [5.74, 6) is 0.825. The third kappa shape index (κ3) is 4.13. The summed E-state index contributed by atoms with van der Waals surface area (Å²) < 4.78 is 0. The van der Waals surface area contributed by atoms with Crippen molar-refractivity contribution in [3.63, 3.8) is 0 Å². The molecule has 32 heavy (non-hydrogen) atoms. The van der Waals surface area contributed by atoms with Crippen LogP contribution in [0.15, 0.2) is 48.8 Å². The molecule has 5 rings (SSSR count). The van der Waals surface area contributed by atoms with Gasteiger partial charge in [-0.2, -0.15) is 0 Å². The Labute approximate surface area is 196 Å². The molecule has 2 aliphatic rings. The van der Waals surface area contributed by atoms with Crippen LogP contribution in [-0.4, -0.2) is 82.2 Å². The van der Waals surface area contributed by atoms with Crippen LogP contribution in [0.1, 0.15) is 10.4 Å². The van der Waals surface area contributed by atoms with E-state index >= 15 is 0 Å². The number of nitrogens with zero attached hydrogens (tertiary/aromatic N) is 5. The number of aliphatic hydroxyl groups excluding tert-OH is 1. The van der Waals surface area contributed by atoms with Crippen LogP contribution in [0.5, 0.6) is 0 Å². The molecule has 2 fully saturated rings. The molecule has 0 bridgehead atoms. The van der Waals surface area contributed by atoms with Gasteiger partial charge in [-0.25, -0.2) is 9.97 Å². The van der Waals surface area contributed by atoms with E-state index in [1.807, 2.05) is 23.1 Å². The Bertz CT molecular complexity index is 1130. The molecule has 0 spiro atoms. The molecule has 1 N–H and O–H groups in total. The molecule has 7 nitrogen and oxygen atoms in total. The summed E-state index contributed by atoms with van der Waals surface area (Å²) in [5, 5.41) is 13.0.